The maximum Gasteiger partial charge on any atom is 0.258 e. The molecule has 5 nitrogen and oxygen atoms in total. The number of hydrogen-bond donors (Lipinski definition) is 2. The minimum atomic E-state index is -0.201. The molecule has 0 bridgehead atoms. The zero-order valence-electron chi connectivity index (χ0n) is 6.11. The van der Waals surface area contributed by atoms with Crippen LogP contribution < -0.4 is 11.3 Å². The number of anilines is 1. The van der Waals surface area contributed by atoms with Crippen LogP contribution in [-0.4, -0.2) is 15.0 Å². The normalized spacial score (nSPS) is 10.3. The van der Waals surface area contributed by atoms with Gasteiger partial charge in [0, 0.05) is 12.4 Å². The van der Waals surface area contributed by atoms with Crippen LogP contribution in [-0.2, 0) is 0 Å². The predicted octanol–water partition coefficient (Wildman–Crippen LogP) is -0.0997. The lowest BCUT2D eigenvalue weighted by Crippen LogP contribution is -2.06. The largest absolute Gasteiger partial charge is 0.368 e. The second kappa shape index (κ2) is 2.30. The van der Waals surface area contributed by atoms with Gasteiger partial charge in [0.05, 0.1) is 10.9 Å². The summed E-state index contributed by atoms with van der Waals surface area (Å²) in [5.41, 5.74) is 5.70. The highest BCUT2D eigenvalue weighted by atomic mass is 16.1. The third-order valence-electron chi connectivity index (χ3n) is 1.54. The van der Waals surface area contributed by atoms with Crippen LogP contribution in [0.3, 0.4) is 0 Å². The van der Waals surface area contributed by atoms with Crippen molar-refractivity contribution in [2.75, 3.05) is 5.73 Å². The van der Waals surface area contributed by atoms with E-state index in [2.05, 4.69) is 15.0 Å². The molecule has 0 saturated carbocycles. The molecule has 2 aromatic rings. The lowest BCUT2D eigenvalue weighted by molar-refractivity contribution is 1.20. The highest BCUT2D eigenvalue weighted by Crippen LogP contribution is 2.03. The number of nitrogens with two attached hydrogens (primary N) is 1. The van der Waals surface area contributed by atoms with Crippen LogP contribution in [0.2, 0.25) is 0 Å². The van der Waals surface area contributed by atoms with Crippen LogP contribution in [0.25, 0.3) is 10.9 Å². The van der Waals surface area contributed by atoms with Gasteiger partial charge in [0.2, 0.25) is 5.95 Å². The first-order valence-corrected chi connectivity index (χ1v) is 3.37. The number of fused-ring (bicyclic) bond motifs is 1. The molecule has 0 fully saturated rings. The predicted molar refractivity (Wildman–Crippen MR) is 44.6 cm³/mol. The number of hydrogen-bond acceptors (Lipinski definition) is 4. The average Bonchev–Trinajstić information content (AvgIpc) is 2.04. The molecule has 0 amide bonds. The fourth-order valence-electron chi connectivity index (χ4n) is 0.985. The quantitative estimate of drug-likeness (QED) is 0.566. The van der Waals surface area contributed by atoms with Crippen molar-refractivity contribution in [3.8, 4) is 0 Å². The molecular formula is C7H6N4O. The summed E-state index contributed by atoms with van der Waals surface area (Å²) in [6.07, 6.45) is 2.94. The molecule has 2 aromatic heterocycles. The van der Waals surface area contributed by atoms with E-state index in [1.807, 2.05) is 0 Å². The molecule has 0 aliphatic rings. The van der Waals surface area contributed by atoms with Gasteiger partial charge in [0.25, 0.3) is 5.56 Å². The van der Waals surface area contributed by atoms with E-state index < -0.39 is 0 Å². The highest BCUT2D eigenvalue weighted by molar-refractivity contribution is 5.76. The van der Waals surface area contributed by atoms with E-state index in [-0.39, 0.29) is 11.5 Å². The van der Waals surface area contributed by atoms with Crippen molar-refractivity contribution in [3.05, 3.63) is 28.8 Å². The fraction of sp³-hybridized carbons (Fsp3) is 0. The maximum atomic E-state index is 11.1. The van der Waals surface area contributed by atoms with Gasteiger partial charge in [0.15, 0.2) is 0 Å². The van der Waals surface area contributed by atoms with E-state index in [0.29, 0.717) is 10.9 Å². The summed E-state index contributed by atoms with van der Waals surface area (Å²) in [6, 6.07) is 1.68. The Kier molecular flexibility index (Phi) is 1.30. The van der Waals surface area contributed by atoms with E-state index in [0.717, 1.165) is 0 Å². The molecule has 2 heterocycles. The van der Waals surface area contributed by atoms with Gasteiger partial charge in [0.1, 0.15) is 0 Å². The van der Waals surface area contributed by atoms with Crippen LogP contribution in [0.1, 0.15) is 0 Å². The van der Waals surface area contributed by atoms with Gasteiger partial charge < -0.3 is 10.7 Å². The highest BCUT2D eigenvalue weighted by Gasteiger charge is 1.98. The van der Waals surface area contributed by atoms with Gasteiger partial charge in [-0.3, -0.25) is 4.79 Å². The van der Waals surface area contributed by atoms with Crippen LogP contribution >= 0.6 is 0 Å². The third kappa shape index (κ3) is 0.914. The van der Waals surface area contributed by atoms with Crippen molar-refractivity contribution in [1.82, 2.24) is 15.0 Å². The van der Waals surface area contributed by atoms with Gasteiger partial charge in [-0.15, -0.1) is 0 Å². The first kappa shape index (κ1) is 6.78. The number of aromatic amines is 1. The monoisotopic (exact) mass is 162 g/mol. The molecule has 0 spiro atoms. The Morgan fingerprint density at radius 2 is 2.33 bits per heavy atom. The Morgan fingerprint density at radius 3 is 3.17 bits per heavy atom. The van der Waals surface area contributed by atoms with Gasteiger partial charge in [-0.2, -0.15) is 0 Å². The minimum absolute atomic E-state index is 0.174. The zero-order chi connectivity index (χ0) is 8.55. The van der Waals surface area contributed by atoms with Crippen molar-refractivity contribution >= 4 is 16.9 Å². The van der Waals surface area contributed by atoms with Crippen molar-refractivity contribution in [3.63, 3.8) is 0 Å². The Morgan fingerprint density at radius 1 is 1.50 bits per heavy atom. The molecule has 0 radical (unpaired) electrons. The van der Waals surface area contributed by atoms with Gasteiger partial charge in [-0.1, -0.05) is 0 Å². The van der Waals surface area contributed by atoms with E-state index >= 15 is 0 Å². The molecule has 12 heavy (non-hydrogen) atoms. The molecule has 3 N–H and O–H groups in total. The fourth-order valence-corrected chi connectivity index (χ4v) is 0.985. The van der Waals surface area contributed by atoms with Crippen molar-refractivity contribution < 1.29 is 0 Å². The smallest absolute Gasteiger partial charge is 0.258 e. The Balaban J connectivity index is 2.96. The van der Waals surface area contributed by atoms with Crippen molar-refractivity contribution in [2.24, 2.45) is 0 Å². The number of nitrogens with zero attached hydrogens (tertiary/aromatic N) is 2. The zero-order valence-corrected chi connectivity index (χ0v) is 6.11. The number of nitrogen functional groups attached to an aromatic ring is 1. The summed E-state index contributed by atoms with van der Waals surface area (Å²) in [5, 5.41) is 0.451. The number of H-pyrrole nitrogens is 1. The lowest BCUT2D eigenvalue weighted by Gasteiger charge is -1.94. The molecule has 2 rings (SSSR count). The number of aromatic nitrogens is 3. The van der Waals surface area contributed by atoms with Crippen LogP contribution in [0, 0.1) is 0 Å². The first-order chi connectivity index (χ1) is 5.77. The van der Waals surface area contributed by atoms with E-state index in [9.17, 15) is 4.79 Å². The Hall–Kier alpha value is -1.91. The first-order valence-electron chi connectivity index (χ1n) is 3.37. The van der Waals surface area contributed by atoms with E-state index in [1.165, 1.54) is 12.4 Å². The summed E-state index contributed by atoms with van der Waals surface area (Å²) >= 11 is 0. The molecule has 0 atom stereocenters. The second-order valence-electron chi connectivity index (χ2n) is 2.33. The molecule has 5 heteroatoms. The van der Waals surface area contributed by atoms with Crippen LogP contribution in [0.15, 0.2) is 23.3 Å². The standard InChI is InChI=1S/C7H6N4O/c8-7-10-3-4-5(11-7)1-2-9-6(4)12/h1-3H,(H,9,12)(H2,8,10,11). The summed E-state index contributed by atoms with van der Waals surface area (Å²) in [4.78, 5) is 21.2. The maximum absolute atomic E-state index is 11.1. The van der Waals surface area contributed by atoms with E-state index in [4.69, 9.17) is 5.73 Å². The molecule has 0 saturated heterocycles. The second-order valence-corrected chi connectivity index (χ2v) is 2.33. The summed E-state index contributed by atoms with van der Waals surface area (Å²) < 4.78 is 0. The molecular weight excluding hydrogens is 156 g/mol. The number of nitrogens with one attached hydrogen (secondary N) is 1. The Labute approximate surface area is 67.3 Å². The van der Waals surface area contributed by atoms with Gasteiger partial charge in [-0.05, 0) is 6.07 Å². The van der Waals surface area contributed by atoms with E-state index in [1.54, 1.807) is 6.07 Å². The lowest BCUT2D eigenvalue weighted by atomic mass is 10.3. The number of rotatable bonds is 0. The summed E-state index contributed by atoms with van der Waals surface area (Å²) in [6.45, 7) is 0. The Bertz CT molecular complexity index is 476. The molecule has 60 valence electrons. The van der Waals surface area contributed by atoms with Crippen molar-refractivity contribution in [2.45, 2.75) is 0 Å². The third-order valence-corrected chi connectivity index (χ3v) is 1.54. The minimum Gasteiger partial charge on any atom is -0.368 e. The van der Waals surface area contributed by atoms with Crippen LogP contribution in [0.5, 0.6) is 0 Å². The van der Waals surface area contributed by atoms with Gasteiger partial charge in [-0.25, -0.2) is 9.97 Å². The average molecular weight is 162 g/mol. The topological polar surface area (TPSA) is 84.7 Å². The SMILES string of the molecule is Nc1ncc2c(=O)[nH]ccc2n1. The molecule has 0 aliphatic carbocycles. The molecule has 0 aliphatic heterocycles. The molecule has 0 unspecified atom stereocenters. The van der Waals surface area contributed by atoms with Gasteiger partial charge >= 0.3 is 0 Å². The summed E-state index contributed by atoms with van der Waals surface area (Å²) in [5.74, 6) is 0.174. The summed E-state index contributed by atoms with van der Waals surface area (Å²) in [7, 11) is 0. The number of pyridine rings is 1. The van der Waals surface area contributed by atoms with Crippen molar-refractivity contribution in [1.29, 1.82) is 0 Å². The molecule has 0 aromatic carbocycles. The van der Waals surface area contributed by atoms with Crippen LogP contribution in [0.4, 0.5) is 5.95 Å².